The molecule has 0 spiro atoms. The van der Waals surface area contributed by atoms with Crippen molar-refractivity contribution in [2.24, 2.45) is 0 Å². The number of hydrogen-bond acceptors (Lipinski definition) is 5. The Hall–Kier alpha value is -3.20. The summed E-state index contributed by atoms with van der Waals surface area (Å²) in [5, 5.41) is 2.74. The van der Waals surface area contributed by atoms with Crippen molar-refractivity contribution in [3.05, 3.63) is 65.7 Å². The molecule has 0 radical (unpaired) electrons. The molecule has 3 amide bonds. The highest BCUT2D eigenvalue weighted by Gasteiger charge is 2.51. The zero-order valence-corrected chi connectivity index (χ0v) is 17.8. The minimum absolute atomic E-state index is 0.273. The molecule has 158 valence electrons. The minimum atomic E-state index is -3.42. The fourth-order valence-electron chi connectivity index (χ4n) is 3.42. The molecule has 9 heteroatoms. The number of nitrogens with one attached hydrogen (secondary N) is 1. The number of carbonyl (C=O) groups is 3. The van der Waals surface area contributed by atoms with Crippen LogP contribution in [0.2, 0.25) is 0 Å². The van der Waals surface area contributed by atoms with E-state index in [9.17, 15) is 22.8 Å². The van der Waals surface area contributed by atoms with Crippen molar-refractivity contribution >= 4 is 33.4 Å². The first-order chi connectivity index (χ1) is 14.1. The smallest absolute Gasteiger partial charge is 0.319 e. The zero-order chi connectivity index (χ0) is 22.1. The first kappa shape index (κ1) is 21.5. The molecule has 2 aromatic rings. The SMILES string of the molecule is CC[C@@]1(c2ccccc2)NC(=O)N(CC(=O)c2ccc(N(C)S(C)(=O)=O)cc2)C1=O. The number of Topliss-reactive ketones (excluding diaryl/α,β-unsaturated/α-hetero) is 1. The fourth-order valence-corrected chi connectivity index (χ4v) is 3.92. The van der Waals surface area contributed by atoms with Crippen molar-refractivity contribution in [1.29, 1.82) is 0 Å². The molecule has 8 nitrogen and oxygen atoms in total. The molecule has 1 saturated heterocycles. The number of imide groups is 1. The lowest BCUT2D eigenvalue weighted by molar-refractivity contribution is -0.131. The van der Waals surface area contributed by atoms with Crippen LogP contribution in [0.15, 0.2) is 54.6 Å². The van der Waals surface area contributed by atoms with Gasteiger partial charge in [-0.15, -0.1) is 0 Å². The lowest BCUT2D eigenvalue weighted by atomic mass is 9.87. The predicted octanol–water partition coefficient (Wildman–Crippen LogP) is 2.12. The van der Waals surface area contributed by atoms with Gasteiger partial charge in [-0.25, -0.2) is 13.2 Å². The average Bonchev–Trinajstić information content (AvgIpc) is 2.98. The van der Waals surface area contributed by atoms with Gasteiger partial charge in [0.05, 0.1) is 18.5 Å². The third-order valence-electron chi connectivity index (χ3n) is 5.32. The van der Waals surface area contributed by atoms with Crippen LogP contribution in [0.3, 0.4) is 0 Å². The number of urea groups is 1. The molecule has 30 heavy (non-hydrogen) atoms. The lowest BCUT2D eigenvalue weighted by Crippen LogP contribution is -2.43. The summed E-state index contributed by atoms with van der Waals surface area (Å²) in [7, 11) is -2.01. The number of anilines is 1. The van der Waals surface area contributed by atoms with Crippen LogP contribution in [0.4, 0.5) is 10.5 Å². The molecule has 1 aliphatic heterocycles. The van der Waals surface area contributed by atoms with Crippen molar-refractivity contribution < 1.29 is 22.8 Å². The standard InChI is InChI=1S/C21H23N3O5S/c1-4-21(16-8-6-5-7-9-16)19(26)24(20(27)22-21)14-18(25)15-10-12-17(13-11-15)23(2)30(3,28)29/h5-13H,4,14H2,1-3H3,(H,22,27)/t21-/m0/s1. The Labute approximate surface area is 175 Å². The minimum Gasteiger partial charge on any atom is -0.319 e. The van der Waals surface area contributed by atoms with Gasteiger partial charge in [0, 0.05) is 12.6 Å². The molecule has 1 fully saturated rings. The van der Waals surface area contributed by atoms with E-state index >= 15 is 0 Å². The van der Waals surface area contributed by atoms with E-state index in [4.69, 9.17) is 0 Å². The van der Waals surface area contributed by atoms with Gasteiger partial charge >= 0.3 is 6.03 Å². The van der Waals surface area contributed by atoms with Crippen LogP contribution in [0.5, 0.6) is 0 Å². The van der Waals surface area contributed by atoms with Crippen LogP contribution in [0.25, 0.3) is 0 Å². The Morgan fingerprint density at radius 1 is 1.07 bits per heavy atom. The number of hydrogen-bond donors (Lipinski definition) is 1. The Morgan fingerprint density at radius 2 is 1.67 bits per heavy atom. The number of amides is 3. The van der Waals surface area contributed by atoms with Gasteiger partial charge in [0.25, 0.3) is 5.91 Å². The van der Waals surface area contributed by atoms with E-state index < -0.39 is 39.8 Å². The summed E-state index contributed by atoms with van der Waals surface area (Å²) in [6, 6.07) is 14.3. The number of benzene rings is 2. The van der Waals surface area contributed by atoms with Gasteiger partial charge in [-0.3, -0.25) is 18.8 Å². The predicted molar refractivity (Wildman–Crippen MR) is 113 cm³/mol. The molecule has 0 bridgehead atoms. The summed E-state index contributed by atoms with van der Waals surface area (Å²) in [4.78, 5) is 39.3. The highest BCUT2D eigenvalue weighted by atomic mass is 32.2. The maximum absolute atomic E-state index is 13.1. The summed E-state index contributed by atoms with van der Waals surface area (Å²) in [6.45, 7) is 1.40. The van der Waals surface area contributed by atoms with Crippen LogP contribution >= 0.6 is 0 Å². The number of nitrogens with zero attached hydrogens (tertiary/aromatic N) is 2. The number of ketones is 1. The van der Waals surface area contributed by atoms with Crippen LogP contribution in [0, 0.1) is 0 Å². The molecule has 1 aliphatic rings. The second-order valence-corrected chi connectivity index (χ2v) is 9.16. The Morgan fingerprint density at radius 3 is 2.20 bits per heavy atom. The van der Waals surface area contributed by atoms with Crippen molar-refractivity contribution in [3.63, 3.8) is 0 Å². The molecule has 0 saturated carbocycles. The van der Waals surface area contributed by atoms with Crippen LogP contribution in [0.1, 0.15) is 29.3 Å². The zero-order valence-electron chi connectivity index (χ0n) is 17.0. The van der Waals surface area contributed by atoms with E-state index in [0.29, 0.717) is 17.7 Å². The van der Waals surface area contributed by atoms with Gasteiger partial charge in [0.15, 0.2) is 5.78 Å². The average molecular weight is 429 g/mol. The van der Waals surface area contributed by atoms with Gasteiger partial charge in [0.1, 0.15) is 5.54 Å². The van der Waals surface area contributed by atoms with Gasteiger partial charge in [0.2, 0.25) is 10.0 Å². The molecule has 1 N–H and O–H groups in total. The van der Waals surface area contributed by atoms with E-state index in [0.717, 1.165) is 15.5 Å². The number of rotatable bonds is 7. The van der Waals surface area contributed by atoms with Gasteiger partial charge in [-0.1, -0.05) is 37.3 Å². The van der Waals surface area contributed by atoms with E-state index in [2.05, 4.69) is 5.32 Å². The largest absolute Gasteiger partial charge is 0.325 e. The van der Waals surface area contributed by atoms with E-state index in [-0.39, 0.29) is 5.56 Å². The van der Waals surface area contributed by atoms with E-state index in [1.54, 1.807) is 31.2 Å². The van der Waals surface area contributed by atoms with Crippen LogP contribution in [-0.2, 0) is 20.4 Å². The highest BCUT2D eigenvalue weighted by molar-refractivity contribution is 7.92. The monoisotopic (exact) mass is 429 g/mol. The Balaban J connectivity index is 1.80. The summed E-state index contributed by atoms with van der Waals surface area (Å²) >= 11 is 0. The number of carbonyl (C=O) groups excluding carboxylic acids is 3. The summed E-state index contributed by atoms with van der Waals surface area (Å²) in [5.74, 6) is -0.894. The quantitative estimate of drug-likeness (QED) is 0.536. The number of sulfonamides is 1. The lowest BCUT2D eigenvalue weighted by Gasteiger charge is -2.25. The van der Waals surface area contributed by atoms with Gasteiger partial charge in [-0.05, 0) is 36.2 Å². The maximum atomic E-state index is 13.1. The second kappa shape index (κ2) is 7.91. The Bertz CT molecular complexity index is 1080. The van der Waals surface area contributed by atoms with Crippen molar-refractivity contribution in [3.8, 4) is 0 Å². The van der Waals surface area contributed by atoms with E-state index in [1.807, 2.05) is 6.07 Å². The second-order valence-electron chi connectivity index (χ2n) is 7.15. The normalized spacial score (nSPS) is 19.0. The molecule has 2 aromatic carbocycles. The summed E-state index contributed by atoms with van der Waals surface area (Å²) in [6.07, 6.45) is 1.43. The molecular weight excluding hydrogens is 406 g/mol. The van der Waals surface area contributed by atoms with Crippen molar-refractivity contribution in [2.45, 2.75) is 18.9 Å². The summed E-state index contributed by atoms with van der Waals surface area (Å²) < 4.78 is 24.4. The molecule has 1 heterocycles. The molecular formula is C21H23N3O5S. The molecule has 0 aromatic heterocycles. The first-order valence-electron chi connectivity index (χ1n) is 9.37. The van der Waals surface area contributed by atoms with Crippen molar-refractivity contribution in [2.75, 3.05) is 24.2 Å². The van der Waals surface area contributed by atoms with Crippen LogP contribution < -0.4 is 9.62 Å². The maximum Gasteiger partial charge on any atom is 0.325 e. The third kappa shape index (κ3) is 3.80. The Kier molecular flexibility index (Phi) is 5.67. The molecule has 3 rings (SSSR count). The van der Waals surface area contributed by atoms with Gasteiger partial charge in [-0.2, -0.15) is 0 Å². The molecule has 1 atom stereocenters. The highest BCUT2D eigenvalue weighted by Crippen LogP contribution is 2.32. The summed E-state index contributed by atoms with van der Waals surface area (Å²) in [5.41, 5.74) is 0.141. The first-order valence-corrected chi connectivity index (χ1v) is 11.2. The molecule has 0 aliphatic carbocycles. The van der Waals surface area contributed by atoms with Crippen LogP contribution in [-0.4, -0.2) is 50.9 Å². The fraction of sp³-hybridized carbons (Fsp3) is 0.286. The van der Waals surface area contributed by atoms with E-state index in [1.165, 1.54) is 31.3 Å². The topological polar surface area (TPSA) is 104 Å². The third-order valence-corrected chi connectivity index (χ3v) is 6.53. The van der Waals surface area contributed by atoms with Crippen molar-refractivity contribution in [1.82, 2.24) is 10.2 Å². The molecule has 0 unspecified atom stereocenters. The van der Waals surface area contributed by atoms with Gasteiger partial charge < -0.3 is 5.32 Å².